The smallest absolute Gasteiger partial charge is 0.348 e. The van der Waals surface area contributed by atoms with Gasteiger partial charge in [0.1, 0.15) is 16.3 Å². The minimum absolute atomic E-state index is 0.190. The first-order valence-corrected chi connectivity index (χ1v) is 11.3. The van der Waals surface area contributed by atoms with Gasteiger partial charge in [0, 0.05) is 5.69 Å². The lowest BCUT2D eigenvalue weighted by Gasteiger charge is -2.09. The number of nitrogens with zero attached hydrogens (tertiary/aromatic N) is 2. The van der Waals surface area contributed by atoms with Gasteiger partial charge in [-0.3, -0.25) is 14.2 Å². The number of amides is 1. The van der Waals surface area contributed by atoms with E-state index in [0.29, 0.717) is 26.5 Å². The van der Waals surface area contributed by atoms with Gasteiger partial charge >= 0.3 is 11.9 Å². The van der Waals surface area contributed by atoms with Crippen molar-refractivity contribution in [3.05, 3.63) is 57.0 Å². The number of aromatic nitrogens is 2. The van der Waals surface area contributed by atoms with Crippen molar-refractivity contribution in [2.75, 3.05) is 18.5 Å². The topological polar surface area (TPSA) is 117 Å². The van der Waals surface area contributed by atoms with Gasteiger partial charge in [0.2, 0.25) is 5.91 Å². The van der Waals surface area contributed by atoms with Gasteiger partial charge in [-0.25, -0.2) is 14.6 Å². The van der Waals surface area contributed by atoms with E-state index in [0.717, 1.165) is 11.3 Å². The van der Waals surface area contributed by atoms with Crippen LogP contribution in [0.15, 0.2) is 35.4 Å². The fourth-order valence-corrected chi connectivity index (χ4v) is 4.10. The summed E-state index contributed by atoms with van der Waals surface area (Å²) in [5.74, 6) is -1.26. The third-order valence-electron chi connectivity index (χ3n) is 4.62. The highest BCUT2D eigenvalue weighted by atomic mass is 32.1. The van der Waals surface area contributed by atoms with Crippen molar-refractivity contribution in [1.82, 2.24) is 9.55 Å². The number of rotatable bonds is 8. The summed E-state index contributed by atoms with van der Waals surface area (Å²) in [6.45, 7) is 7.48. The molecule has 0 saturated carbocycles. The lowest BCUT2D eigenvalue weighted by molar-refractivity contribution is -0.116. The molecule has 3 rings (SSSR count). The van der Waals surface area contributed by atoms with Gasteiger partial charge in [-0.05, 0) is 43.5 Å². The van der Waals surface area contributed by atoms with E-state index in [9.17, 15) is 19.2 Å². The van der Waals surface area contributed by atoms with Gasteiger partial charge in [0.15, 0.2) is 0 Å². The van der Waals surface area contributed by atoms with E-state index >= 15 is 0 Å². The first-order chi connectivity index (χ1) is 15.7. The lowest BCUT2D eigenvalue weighted by Crippen LogP contribution is -2.28. The Kier molecular flexibility index (Phi) is 7.59. The van der Waals surface area contributed by atoms with Crippen molar-refractivity contribution in [3.63, 3.8) is 0 Å². The number of anilines is 1. The predicted octanol–water partition coefficient (Wildman–Crippen LogP) is 3.39. The average molecular weight is 472 g/mol. The number of esters is 2. The molecule has 0 saturated heterocycles. The third kappa shape index (κ3) is 5.64. The Labute approximate surface area is 194 Å². The van der Waals surface area contributed by atoms with Crippen LogP contribution in [0.1, 0.15) is 46.4 Å². The molecule has 33 heavy (non-hydrogen) atoms. The number of carbonyl (C=O) groups is 3. The van der Waals surface area contributed by atoms with Crippen molar-refractivity contribution in [2.24, 2.45) is 5.92 Å². The molecule has 10 heteroatoms. The van der Waals surface area contributed by atoms with Crippen molar-refractivity contribution in [1.29, 1.82) is 0 Å². The number of nitrogens with one attached hydrogen (secondary N) is 1. The maximum absolute atomic E-state index is 13.0. The molecule has 0 atom stereocenters. The number of fused-ring (bicyclic) bond motifs is 1. The maximum atomic E-state index is 13.0. The van der Waals surface area contributed by atoms with Gasteiger partial charge in [0.05, 0.1) is 30.5 Å². The van der Waals surface area contributed by atoms with Crippen LogP contribution in [-0.4, -0.2) is 40.6 Å². The molecule has 9 nitrogen and oxygen atoms in total. The van der Waals surface area contributed by atoms with Crippen LogP contribution in [0.4, 0.5) is 5.69 Å². The van der Waals surface area contributed by atoms with Gasteiger partial charge in [-0.2, -0.15) is 0 Å². The summed E-state index contributed by atoms with van der Waals surface area (Å²) < 4.78 is 11.4. The van der Waals surface area contributed by atoms with Gasteiger partial charge in [-0.15, -0.1) is 11.3 Å². The first-order valence-electron chi connectivity index (χ1n) is 10.4. The highest BCUT2D eigenvalue weighted by molar-refractivity contribution is 7.20. The summed E-state index contributed by atoms with van der Waals surface area (Å²) in [6, 6.07) is 6.33. The normalized spacial score (nSPS) is 10.9. The van der Waals surface area contributed by atoms with Crippen molar-refractivity contribution < 1.29 is 23.9 Å². The number of hydrogen-bond acceptors (Lipinski definition) is 8. The average Bonchev–Trinajstić information content (AvgIpc) is 3.11. The molecule has 0 radical (unpaired) electrons. The quantitative estimate of drug-likeness (QED) is 0.501. The van der Waals surface area contributed by atoms with Crippen LogP contribution >= 0.6 is 11.3 Å². The molecule has 174 valence electrons. The first kappa shape index (κ1) is 24.1. The zero-order chi connectivity index (χ0) is 24.1. The molecule has 1 N–H and O–H groups in total. The fourth-order valence-electron chi connectivity index (χ4n) is 3.07. The number of ether oxygens (including phenoxy) is 2. The van der Waals surface area contributed by atoms with E-state index in [-0.39, 0.29) is 31.1 Å². The molecule has 1 aromatic carbocycles. The van der Waals surface area contributed by atoms with Crippen molar-refractivity contribution in [3.8, 4) is 0 Å². The van der Waals surface area contributed by atoms with Crippen LogP contribution in [0.25, 0.3) is 10.2 Å². The molecule has 0 unspecified atom stereocenters. The zero-order valence-electron chi connectivity index (χ0n) is 18.8. The molecule has 0 fully saturated rings. The second kappa shape index (κ2) is 10.4. The Morgan fingerprint density at radius 1 is 1.18 bits per heavy atom. The number of hydrogen-bond donors (Lipinski definition) is 1. The minimum Gasteiger partial charge on any atom is -0.462 e. The second-order valence-electron chi connectivity index (χ2n) is 7.76. The van der Waals surface area contributed by atoms with Gasteiger partial charge in [-0.1, -0.05) is 19.9 Å². The van der Waals surface area contributed by atoms with Crippen LogP contribution in [0.2, 0.25) is 0 Å². The number of benzene rings is 1. The molecule has 0 bridgehead atoms. The Bertz CT molecular complexity index is 1260. The van der Waals surface area contributed by atoms with Crippen LogP contribution in [0.3, 0.4) is 0 Å². The van der Waals surface area contributed by atoms with E-state index in [1.54, 1.807) is 32.0 Å². The van der Waals surface area contributed by atoms with E-state index in [1.807, 2.05) is 13.8 Å². The molecule has 0 spiro atoms. The number of thiophene rings is 1. The van der Waals surface area contributed by atoms with E-state index < -0.39 is 23.4 Å². The van der Waals surface area contributed by atoms with E-state index in [2.05, 4.69) is 10.3 Å². The summed E-state index contributed by atoms with van der Waals surface area (Å²) in [5.41, 5.74) is 0.764. The maximum Gasteiger partial charge on any atom is 0.348 e. The standard InChI is InChI=1S/C23H25N3O6S/c1-5-31-22(29)15-7-6-8-16(9-15)25-17(27)10-26-12-24-20-18(21(26)28)14(4)19(33-20)23(30)32-11-13(2)3/h6-9,12-13H,5,10-11H2,1-4H3,(H,25,27). The molecule has 3 aromatic rings. The van der Waals surface area contributed by atoms with Gasteiger partial charge < -0.3 is 14.8 Å². The van der Waals surface area contributed by atoms with Crippen LogP contribution in [0.5, 0.6) is 0 Å². The van der Waals surface area contributed by atoms with E-state index in [4.69, 9.17) is 9.47 Å². The Balaban J connectivity index is 1.79. The number of aryl methyl sites for hydroxylation is 1. The second-order valence-corrected chi connectivity index (χ2v) is 8.75. The zero-order valence-corrected chi connectivity index (χ0v) is 19.7. The Morgan fingerprint density at radius 3 is 2.64 bits per heavy atom. The molecular weight excluding hydrogens is 446 g/mol. The Morgan fingerprint density at radius 2 is 1.94 bits per heavy atom. The SMILES string of the molecule is CCOC(=O)c1cccc(NC(=O)Cn2cnc3sc(C(=O)OCC(C)C)c(C)c3c2=O)c1. The monoisotopic (exact) mass is 471 g/mol. The predicted molar refractivity (Wildman–Crippen MR) is 125 cm³/mol. The summed E-state index contributed by atoms with van der Waals surface area (Å²) in [4.78, 5) is 54.8. The van der Waals surface area contributed by atoms with Crippen LogP contribution in [-0.2, 0) is 20.8 Å². The molecular formula is C23H25N3O6S. The van der Waals surface area contributed by atoms with Crippen molar-refractivity contribution in [2.45, 2.75) is 34.2 Å². The molecule has 1 amide bonds. The number of carbonyl (C=O) groups excluding carboxylic acids is 3. The third-order valence-corrected chi connectivity index (χ3v) is 5.80. The molecule has 2 heterocycles. The largest absolute Gasteiger partial charge is 0.462 e. The summed E-state index contributed by atoms with van der Waals surface area (Å²) in [6.07, 6.45) is 1.28. The summed E-state index contributed by atoms with van der Waals surface area (Å²) in [5, 5.41) is 2.95. The minimum atomic E-state index is -0.491. The molecule has 2 aromatic heterocycles. The van der Waals surface area contributed by atoms with Gasteiger partial charge in [0.25, 0.3) is 5.56 Å². The fraction of sp³-hybridized carbons (Fsp3) is 0.348. The van der Waals surface area contributed by atoms with Crippen molar-refractivity contribution >= 4 is 45.1 Å². The molecule has 0 aliphatic rings. The molecule has 0 aliphatic heterocycles. The highest BCUT2D eigenvalue weighted by Gasteiger charge is 2.21. The molecule has 0 aliphatic carbocycles. The lowest BCUT2D eigenvalue weighted by atomic mass is 10.2. The van der Waals surface area contributed by atoms with Crippen LogP contribution in [0, 0.1) is 12.8 Å². The van der Waals surface area contributed by atoms with Crippen LogP contribution < -0.4 is 10.9 Å². The summed E-state index contributed by atoms with van der Waals surface area (Å²) >= 11 is 1.09. The van der Waals surface area contributed by atoms with E-state index in [1.165, 1.54) is 17.0 Å². The highest BCUT2D eigenvalue weighted by Crippen LogP contribution is 2.27. The Hall–Kier alpha value is -3.53. The summed E-state index contributed by atoms with van der Waals surface area (Å²) in [7, 11) is 0.